The largest absolute Gasteiger partial charge is 0.444 e. The molecule has 0 aromatic heterocycles. The summed E-state index contributed by atoms with van der Waals surface area (Å²) in [5.74, 6) is 3.40. The van der Waals surface area contributed by atoms with Gasteiger partial charge < -0.3 is 19.9 Å². The zero-order valence-corrected chi connectivity index (χ0v) is 17.7. The van der Waals surface area contributed by atoms with Gasteiger partial charge in [-0.3, -0.25) is 4.99 Å². The molecule has 2 unspecified atom stereocenters. The lowest BCUT2D eigenvalue weighted by Gasteiger charge is -2.34. The van der Waals surface area contributed by atoms with Gasteiger partial charge in [0.05, 0.1) is 0 Å². The van der Waals surface area contributed by atoms with Gasteiger partial charge in [0.25, 0.3) is 0 Å². The first-order chi connectivity index (χ1) is 12.9. The molecule has 3 fully saturated rings. The zero-order chi connectivity index (χ0) is 19.4. The fraction of sp³-hybridized carbons (Fsp3) is 0.905. The van der Waals surface area contributed by atoms with Crippen molar-refractivity contribution < 1.29 is 9.53 Å². The third-order valence-electron chi connectivity index (χ3n) is 6.30. The number of ether oxygens (including phenoxy) is 1. The van der Waals surface area contributed by atoms with Crippen LogP contribution in [0.3, 0.4) is 0 Å². The number of rotatable bonds is 2. The van der Waals surface area contributed by atoms with Crippen molar-refractivity contribution in [2.45, 2.75) is 64.9 Å². The van der Waals surface area contributed by atoms with Crippen LogP contribution in [0.1, 0.15) is 59.3 Å². The van der Waals surface area contributed by atoms with E-state index in [4.69, 9.17) is 4.74 Å². The lowest BCUT2D eigenvalue weighted by Crippen LogP contribution is -2.46. The number of guanidine groups is 1. The number of likely N-dealkylation sites (tertiary alicyclic amines) is 2. The minimum absolute atomic E-state index is 0.176. The van der Waals surface area contributed by atoms with Crippen molar-refractivity contribution in [1.29, 1.82) is 0 Å². The standard InChI is InChI=1S/C21H38N4O2/c1-21(2,3)27-20(26)24-11-9-16(10-12-24)13-23-19(22-4)25-14-17-7-5-6-8-18(17)15-25/h16-18H,5-15H2,1-4H3,(H,22,23). The highest BCUT2D eigenvalue weighted by molar-refractivity contribution is 5.80. The number of amides is 1. The predicted molar refractivity (Wildman–Crippen MR) is 109 cm³/mol. The van der Waals surface area contributed by atoms with Crippen molar-refractivity contribution in [3.05, 3.63) is 0 Å². The summed E-state index contributed by atoms with van der Waals surface area (Å²) in [7, 11) is 1.90. The van der Waals surface area contributed by atoms with Crippen molar-refractivity contribution >= 4 is 12.1 Å². The Morgan fingerprint density at radius 1 is 1.04 bits per heavy atom. The number of nitrogens with zero attached hydrogens (tertiary/aromatic N) is 3. The zero-order valence-electron chi connectivity index (χ0n) is 17.7. The Labute approximate surface area is 164 Å². The van der Waals surface area contributed by atoms with Crippen LogP contribution >= 0.6 is 0 Å². The van der Waals surface area contributed by atoms with Crippen molar-refractivity contribution in [3.63, 3.8) is 0 Å². The number of fused-ring (bicyclic) bond motifs is 1. The Kier molecular flexibility index (Phi) is 6.53. The second-order valence-corrected chi connectivity index (χ2v) is 9.55. The molecule has 6 heteroatoms. The third kappa shape index (κ3) is 5.52. The second-order valence-electron chi connectivity index (χ2n) is 9.55. The molecule has 154 valence electrons. The summed E-state index contributed by atoms with van der Waals surface area (Å²) < 4.78 is 5.49. The van der Waals surface area contributed by atoms with Crippen molar-refractivity contribution in [2.75, 3.05) is 39.8 Å². The fourth-order valence-corrected chi connectivity index (χ4v) is 4.79. The highest BCUT2D eigenvalue weighted by Crippen LogP contribution is 2.36. The van der Waals surface area contributed by atoms with Crippen LogP contribution in [0.2, 0.25) is 0 Å². The van der Waals surface area contributed by atoms with Crippen molar-refractivity contribution in [3.8, 4) is 0 Å². The Morgan fingerprint density at radius 3 is 2.15 bits per heavy atom. The highest BCUT2D eigenvalue weighted by atomic mass is 16.6. The van der Waals surface area contributed by atoms with Gasteiger partial charge in [0.15, 0.2) is 5.96 Å². The topological polar surface area (TPSA) is 57.2 Å². The van der Waals surface area contributed by atoms with Crippen LogP contribution in [-0.2, 0) is 4.74 Å². The van der Waals surface area contributed by atoms with E-state index in [1.54, 1.807) is 0 Å². The summed E-state index contributed by atoms with van der Waals surface area (Å²) in [6.45, 7) is 10.6. The molecule has 1 aliphatic carbocycles. The number of carbonyl (C=O) groups is 1. The van der Waals surface area contributed by atoms with Gasteiger partial charge in [0, 0.05) is 39.8 Å². The maximum atomic E-state index is 12.2. The normalized spacial score (nSPS) is 27.5. The second kappa shape index (κ2) is 8.70. The number of hydrogen-bond acceptors (Lipinski definition) is 3. The molecule has 1 saturated carbocycles. The molecule has 6 nitrogen and oxygen atoms in total. The van der Waals surface area contributed by atoms with E-state index < -0.39 is 5.60 Å². The minimum atomic E-state index is -0.422. The van der Waals surface area contributed by atoms with Crippen LogP contribution in [0, 0.1) is 17.8 Å². The first kappa shape index (κ1) is 20.3. The van der Waals surface area contributed by atoms with Crippen LogP contribution in [-0.4, -0.2) is 67.2 Å². The van der Waals surface area contributed by atoms with E-state index in [1.165, 1.54) is 38.8 Å². The first-order valence-corrected chi connectivity index (χ1v) is 10.8. The van der Waals surface area contributed by atoms with E-state index in [0.717, 1.165) is 50.3 Å². The van der Waals surface area contributed by atoms with Gasteiger partial charge in [-0.05, 0) is 64.2 Å². The van der Waals surface area contributed by atoms with Gasteiger partial charge >= 0.3 is 6.09 Å². The van der Waals surface area contributed by atoms with E-state index in [9.17, 15) is 4.79 Å². The summed E-state index contributed by atoms with van der Waals surface area (Å²) in [6, 6.07) is 0. The molecule has 0 aromatic rings. The average molecular weight is 379 g/mol. The van der Waals surface area contributed by atoms with Gasteiger partial charge in [-0.15, -0.1) is 0 Å². The highest BCUT2D eigenvalue weighted by Gasteiger charge is 2.35. The molecule has 0 spiro atoms. The van der Waals surface area contributed by atoms with Crippen LogP contribution in [0.25, 0.3) is 0 Å². The third-order valence-corrected chi connectivity index (χ3v) is 6.30. The molecule has 2 atom stereocenters. The number of hydrogen-bond donors (Lipinski definition) is 1. The summed E-state index contributed by atoms with van der Waals surface area (Å²) in [5, 5.41) is 3.61. The number of carbonyl (C=O) groups excluding carboxylic acids is 1. The van der Waals surface area contributed by atoms with Crippen LogP contribution in [0.4, 0.5) is 4.79 Å². The minimum Gasteiger partial charge on any atom is -0.444 e. The Morgan fingerprint density at radius 2 is 1.63 bits per heavy atom. The van der Waals surface area contributed by atoms with Gasteiger partial charge in [-0.25, -0.2) is 4.79 Å². The Hall–Kier alpha value is -1.46. The predicted octanol–water partition coefficient (Wildman–Crippen LogP) is 3.33. The molecular weight excluding hydrogens is 340 g/mol. The van der Waals surface area contributed by atoms with Crippen molar-refractivity contribution in [1.82, 2.24) is 15.1 Å². The fourth-order valence-electron chi connectivity index (χ4n) is 4.79. The molecule has 27 heavy (non-hydrogen) atoms. The lowest BCUT2D eigenvalue weighted by atomic mass is 9.82. The number of piperidine rings is 1. The molecule has 0 aromatic carbocycles. The lowest BCUT2D eigenvalue weighted by molar-refractivity contribution is 0.0185. The van der Waals surface area contributed by atoms with Gasteiger partial charge in [-0.2, -0.15) is 0 Å². The van der Waals surface area contributed by atoms with Crippen LogP contribution in [0.15, 0.2) is 4.99 Å². The summed E-state index contributed by atoms with van der Waals surface area (Å²) in [6.07, 6.45) is 7.45. The Bertz CT molecular complexity index is 521. The molecule has 3 aliphatic rings. The van der Waals surface area contributed by atoms with E-state index in [2.05, 4.69) is 15.2 Å². The van der Waals surface area contributed by atoms with E-state index in [-0.39, 0.29) is 6.09 Å². The molecule has 1 amide bonds. The molecule has 2 saturated heterocycles. The summed E-state index contributed by atoms with van der Waals surface area (Å²) in [4.78, 5) is 21.1. The number of aliphatic imine (C=N–C) groups is 1. The maximum absolute atomic E-state index is 12.2. The average Bonchev–Trinajstić information content (AvgIpc) is 3.05. The van der Waals surface area contributed by atoms with E-state index >= 15 is 0 Å². The van der Waals surface area contributed by atoms with Gasteiger partial charge in [0.2, 0.25) is 0 Å². The molecular formula is C21H38N4O2. The van der Waals surface area contributed by atoms with Gasteiger partial charge in [-0.1, -0.05) is 12.8 Å². The summed E-state index contributed by atoms with van der Waals surface area (Å²) in [5.41, 5.74) is -0.422. The molecule has 2 heterocycles. The maximum Gasteiger partial charge on any atom is 0.410 e. The molecule has 1 N–H and O–H groups in total. The van der Waals surface area contributed by atoms with E-state index in [1.807, 2.05) is 32.7 Å². The molecule has 0 bridgehead atoms. The van der Waals surface area contributed by atoms with Crippen molar-refractivity contribution in [2.24, 2.45) is 22.7 Å². The van der Waals surface area contributed by atoms with Crippen LogP contribution < -0.4 is 5.32 Å². The van der Waals surface area contributed by atoms with Gasteiger partial charge in [0.1, 0.15) is 5.60 Å². The smallest absolute Gasteiger partial charge is 0.410 e. The SMILES string of the molecule is CN=C(NCC1CCN(C(=O)OC(C)(C)C)CC1)N1CC2CCCCC2C1. The van der Waals surface area contributed by atoms with Crippen LogP contribution in [0.5, 0.6) is 0 Å². The summed E-state index contributed by atoms with van der Waals surface area (Å²) >= 11 is 0. The quantitative estimate of drug-likeness (QED) is 0.591. The molecule has 3 rings (SSSR count). The van der Waals surface area contributed by atoms with E-state index in [0.29, 0.717) is 5.92 Å². The monoisotopic (exact) mass is 378 g/mol. The first-order valence-electron chi connectivity index (χ1n) is 10.8. The molecule has 0 radical (unpaired) electrons. The molecule has 2 aliphatic heterocycles. The number of nitrogens with one attached hydrogen (secondary N) is 1. The Balaban J connectivity index is 1.41.